The number of hydrogen-bond acceptors (Lipinski definition) is 2. The van der Waals surface area contributed by atoms with Crippen LogP contribution < -0.4 is 0 Å². The van der Waals surface area contributed by atoms with Crippen molar-refractivity contribution >= 4 is 11.6 Å². The van der Waals surface area contributed by atoms with Crippen LogP contribution in [0.1, 0.15) is 31.1 Å². The molecule has 3 rings (SSSR count). The molecule has 0 N–H and O–H groups in total. The van der Waals surface area contributed by atoms with Crippen LogP contribution in [0.15, 0.2) is 59.6 Å². The molecule has 2 heteroatoms. The van der Waals surface area contributed by atoms with Gasteiger partial charge in [0.25, 0.3) is 0 Å². The van der Waals surface area contributed by atoms with Gasteiger partial charge in [-0.15, -0.1) is 0 Å². The number of para-hydroxylation sites is 1. The maximum Gasteiger partial charge on any atom is 0.191 e. The summed E-state index contributed by atoms with van der Waals surface area (Å²) in [4.78, 5) is 4.71. The number of ether oxygens (including phenoxy) is 1. The molecule has 0 fully saturated rings. The zero-order chi connectivity index (χ0) is 13.9. The lowest BCUT2D eigenvalue weighted by Gasteiger charge is -2.20. The summed E-state index contributed by atoms with van der Waals surface area (Å²) in [6.07, 6.45) is 0.904. The van der Waals surface area contributed by atoms with E-state index in [4.69, 9.17) is 9.73 Å². The van der Waals surface area contributed by atoms with E-state index in [1.165, 1.54) is 11.1 Å². The quantitative estimate of drug-likeness (QED) is 0.772. The predicted molar refractivity (Wildman–Crippen MR) is 82.3 cm³/mol. The molecule has 0 radical (unpaired) electrons. The van der Waals surface area contributed by atoms with Gasteiger partial charge in [0.1, 0.15) is 6.10 Å². The molecule has 20 heavy (non-hydrogen) atoms. The lowest BCUT2D eigenvalue weighted by Crippen LogP contribution is -2.16. The first-order chi connectivity index (χ1) is 9.74. The molecule has 0 saturated heterocycles. The molecule has 1 atom stereocenters. The molecule has 1 heterocycles. The van der Waals surface area contributed by atoms with Crippen LogP contribution >= 0.6 is 0 Å². The molecular formula is C18H19NO. The van der Waals surface area contributed by atoms with E-state index < -0.39 is 0 Å². The van der Waals surface area contributed by atoms with Gasteiger partial charge in [0, 0.05) is 12.3 Å². The summed E-state index contributed by atoms with van der Waals surface area (Å²) < 4.78 is 6.19. The van der Waals surface area contributed by atoms with Gasteiger partial charge < -0.3 is 4.74 Å². The second-order valence-electron chi connectivity index (χ2n) is 5.45. The van der Waals surface area contributed by atoms with E-state index in [1.807, 2.05) is 12.1 Å². The standard InChI is InChI=1S/C18H19NO/c1-13(2)18-19-16-11-7-6-10-15(16)12-17(20-18)14-8-4-3-5-9-14/h3-11,13,17H,12H2,1-2H3. The lowest BCUT2D eigenvalue weighted by atomic mass is 10.0. The fourth-order valence-corrected chi connectivity index (χ4v) is 2.44. The van der Waals surface area contributed by atoms with E-state index in [0.29, 0.717) is 0 Å². The molecule has 2 nitrogen and oxygen atoms in total. The Labute approximate surface area is 120 Å². The topological polar surface area (TPSA) is 21.6 Å². The van der Waals surface area contributed by atoms with Gasteiger partial charge >= 0.3 is 0 Å². The molecule has 0 aromatic heterocycles. The van der Waals surface area contributed by atoms with Crippen LogP contribution in [0.25, 0.3) is 0 Å². The van der Waals surface area contributed by atoms with E-state index >= 15 is 0 Å². The zero-order valence-corrected chi connectivity index (χ0v) is 11.9. The summed E-state index contributed by atoms with van der Waals surface area (Å²) in [6, 6.07) is 18.7. The van der Waals surface area contributed by atoms with Gasteiger partial charge in [-0.3, -0.25) is 0 Å². The van der Waals surface area contributed by atoms with E-state index in [9.17, 15) is 0 Å². The van der Waals surface area contributed by atoms with Gasteiger partial charge in [-0.25, -0.2) is 4.99 Å². The molecule has 1 aliphatic rings. The highest BCUT2D eigenvalue weighted by atomic mass is 16.5. The third-order valence-corrected chi connectivity index (χ3v) is 3.56. The van der Waals surface area contributed by atoms with E-state index in [2.05, 4.69) is 56.3 Å². The molecule has 1 aliphatic heterocycles. The third-order valence-electron chi connectivity index (χ3n) is 3.56. The Kier molecular flexibility index (Phi) is 3.55. The summed E-state index contributed by atoms with van der Waals surface area (Å²) >= 11 is 0. The van der Waals surface area contributed by atoms with E-state index in [-0.39, 0.29) is 12.0 Å². The minimum Gasteiger partial charge on any atom is -0.472 e. The van der Waals surface area contributed by atoms with Gasteiger partial charge in [-0.2, -0.15) is 0 Å². The summed E-state index contributed by atoms with van der Waals surface area (Å²) in [6.45, 7) is 4.24. The van der Waals surface area contributed by atoms with Crippen molar-refractivity contribution in [2.24, 2.45) is 10.9 Å². The first kappa shape index (κ1) is 12.9. The predicted octanol–water partition coefficient (Wildman–Crippen LogP) is 4.69. The fourth-order valence-electron chi connectivity index (χ4n) is 2.44. The SMILES string of the molecule is CC(C)C1=Nc2ccccc2CC(c2ccccc2)O1. The second-order valence-corrected chi connectivity index (χ2v) is 5.45. The van der Waals surface area contributed by atoms with Crippen molar-refractivity contribution < 1.29 is 4.74 Å². The molecule has 0 aliphatic carbocycles. The molecular weight excluding hydrogens is 246 g/mol. The molecule has 1 unspecified atom stereocenters. The normalized spacial score (nSPS) is 17.9. The van der Waals surface area contributed by atoms with Crippen LogP contribution in [0, 0.1) is 5.92 Å². The summed E-state index contributed by atoms with van der Waals surface area (Å²) in [5.41, 5.74) is 3.49. The van der Waals surface area contributed by atoms with Crippen LogP contribution in [0.5, 0.6) is 0 Å². The van der Waals surface area contributed by atoms with Crippen LogP contribution in [-0.2, 0) is 11.2 Å². The molecule has 0 spiro atoms. The maximum absolute atomic E-state index is 6.19. The van der Waals surface area contributed by atoms with Crippen molar-refractivity contribution in [3.05, 3.63) is 65.7 Å². The van der Waals surface area contributed by atoms with Crippen LogP contribution in [0.2, 0.25) is 0 Å². The Hall–Kier alpha value is -2.09. The van der Waals surface area contributed by atoms with Crippen molar-refractivity contribution in [1.82, 2.24) is 0 Å². The first-order valence-electron chi connectivity index (χ1n) is 7.12. The van der Waals surface area contributed by atoms with Crippen molar-refractivity contribution in [2.45, 2.75) is 26.4 Å². The fraction of sp³-hybridized carbons (Fsp3) is 0.278. The van der Waals surface area contributed by atoms with Crippen molar-refractivity contribution in [2.75, 3.05) is 0 Å². The molecule has 0 amide bonds. The third kappa shape index (κ3) is 2.60. The van der Waals surface area contributed by atoms with Gasteiger partial charge in [0.05, 0.1) is 5.69 Å². The Bertz CT molecular complexity index is 616. The first-order valence-corrected chi connectivity index (χ1v) is 7.12. The minimum atomic E-state index is 0.0426. The van der Waals surface area contributed by atoms with Gasteiger partial charge in [0.2, 0.25) is 0 Å². The molecule has 2 aromatic rings. The average Bonchev–Trinajstić information content (AvgIpc) is 2.67. The summed E-state index contributed by atoms with van der Waals surface area (Å²) in [7, 11) is 0. The number of aliphatic imine (C=N–C) groups is 1. The van der Waals surface area contributed by atoms with Crippen molar-refractivity contribution in [1.29, 1.82) is 0 Å². The van der Waals surface area contributed by atoms with Gasteiger partial charge in [0.15, 0.2) is 5.90 Å². The highest BCUT2D eigenvalue weighted by Gasteiger charge is 2.22. The smallest absolute Gasteiger partial charge is 0.191 e. The number of hydrogen-bond donors (Lipinski definition) is 0. The Morgan fingerprint density at radius 3 is 2.45 bits per heavy atom. The zero-order valence-electron chi connectivity index (χ0n) is 11.9. The number of nitrogens with zero attached hydrogens (tertiary/aromatic N) is 1. The Morgan fingerprint density at radius 1 is 1.00 bits per heavy atom. The summed E-state index contributed by atoms with van der Waals surface area (Å²) in [5, 5.41) is 0. The molecule has 0 bridgehead atoms. The van der Waals surface area contributed by atoms with Gasteiger partial charge in [-0.05, 0) is 17.2 Å². The maximum atomic E-state index is 6.19. The Morgan fingerprint density at radius 2 is 1.70 bits per heavy atom. The second kappa shape index (κ2) is 5.49. The molecule has 2 aromatic carbocycles. The largest absolute Gasteiger partial charge is 0.472 e. The summed E-state index contributed by atoms with van der Waals surface area (Å²) in [5.74, 6) is 1.11. The van der Waals surface area contributed by atoms with E-state index in [0.717, 1.165) is 18.0 Å². The van der Waals surface area contributed by atoms with Crippen LogP contribution in [-0.4, -0.2) is 5.90 Å². The number of fused-ring (bicyclic) bond motifs is 1. The average molecular weight is 265 g/mol. The Balaban J connectivity index is 2.03. The van der Waals surface area contributed by atoms with Crippen LogP contribution in [0.3, 0.4) is 0 Å². The van der Waals surface area contributed by atoms with Crippen molar-refractivity contribution in [3.8, 4) is 0 Å². The molecule has 102 valence electrons. The number of rotatable bonds is 2. The highest BCUT2D eigenvalue weighted by molar-refractivity contribution is 5.82. The minimum absolute atomic E-state index is 0.0426. The van der Waals surface area contributed by atoms with Crippen molar-refractivity contribution in [3.63, 3.8) is 0 Å². The van der Waals surface area contributed by atoms with Crippen LogP contribution in [0.4, 0.5) is 5.69 Å². The highest BCUT2D eigenvalue weighted by Crippen LogP contribution is 2.32. The monoisotopic (exact) mass is 265 g/mol. The van der Waals surface area contributed by atoms with E-state index in [1.54, 1.807) is 0 Å². The van der Waals surface area contributed by atoms with Gasteiger partial charge in [-0.1, -0.05) is 62.4 Å². The number of benzene rings is 2. The lowest BCUT2D eigenvalue weighted by molar-refractivity contribution is 0.182. The molecule has 0 saturated carbocycles.